The van der Waals surface area contributed by atoms with Crippen molar-refractivity contribution < 1.29 is 24.3 Å². The monoisotopic (exact) mass is 437 g/mol. The molecular formula is C21H35N5O5. The van der Waals surface area contributed by atoms with Crippen molar-refractivity contribution in [2.75, 3.05) is 0 Å². The molecule has 0 bridgehead atoms. The number of amides is 3. The average molecular weight is 438 g/mol. The van der Waals surface area contributed by atoms with E-state index < -0.39 is 41.8 Å². The summed E-state index contributed by atoms with van der Waals surface area (Å²) in [6.07, 6.45) is 8.72. The second-order valence-electron chi connectivity index (χ2n) is 7.97. The summed E-state index contributed by atoms with van der Waals surface area (Å²) in [5, 5.41) is 14.4. The largest absolute Gasteiger partial charge is 0.480 e. The van der Waals surface area contributed by atoms with Crippen molar-refractivity contribution in [3.05, 3.63) is 24.3 Å². The summed E-state index contributed by atoms with van der Waals surface area (Å²) in [6, 6.07) is -3.21. The van der Waals surface area contributed by atoms with Crippen molar-refractivity contribution in [1.29, 1.82) is 0 Å². The van der Waals surface area contributed by atoms with E-state index >= 15 is 0 Å². The van der Waals surface area contributed by atoms with Crippen LogP contribution in [0, 0.1) is 11.8 Å². The van der Waals surface area contributed by atoms with Gasteiger partial charge in [-0.05, 0) is 31.1 Å². The highest BCUT2D eigenvalue weighted by atomic mass is 16.4. The Bertz CT molecular complexity index is 694. The normalized spacial score (nSPS) is 21.5. The number of aliphatic carboxylic acids is 1. The Morgan fingerprint density at radius 1 is 1.00 bits per heavy atom. The van der Waals surface area contributed by atoms with E-state index in [-0.39, 0.29) is 37.1 Å². The number of carboxylic acid groups (broad SMARTS) is 1. The van der Waals surface area contributed by atoms with Crippen LogP contribution in [0.1, 0.15) is 46.0 Å². The van der Waals surface area contributed by atoms with Crippen LogP contribution in [-0.4, -0.2) is 53.0 Å². The van der Waals surface area contributed by atoms with E-state index in [2.05, 4.69) is 10.6 Å². The molecule has 10 nitrogen and oxygen atoms in total. The molecule has 3 amide bonds. The van der Waals surface area contributed by atoms with Gasteiger partial charge in [0.2, 0.25) is 17.7 Å². The summed E-state index contributed by atoms with van der Waals surface area (Å²) in [5.74, 6) is -3.13. The molecule has 0 aromatic rings. The van der Waals surface area contributed by atoms with Gasteiger partial charge in [-0.25, -0.2) is 4.79 Å². The fourth-order valence-electron chi connectivity index (χ4n) is 3.09. The topological polar surface area (TPSA) is 191 Å². The van der Waals surface area contributed by atoms with Gasteiger partial charge in [0.25, 0.3) is 0 Å². The lowest BCUT2D eigenvalue weighted by molar-refractivity contribution is -0.142. The summed E-state index contributed by atoms with van der Waals surface area (Å²) in [7, 11) is 0. The zero-order valence-electron chi connectivity index (χ0n) is 18.1. The molecule has 0 saturated carbocycles. The number of nitrogens with two attached hydrogens (primary N) is 3. The minimum atomic E-state index is -1.30. The minimum Gasteiger partial charge on any atom is -0.480 e. The van der Waals surface area contributed by atoms with Gasteiger partial charge in [0.15, 0.2) is 0 Å². The van der Waals surface area contributed by atoms with Crippen molar-refractivity contribution in [1.82, 2.24) is 10.6 Å². The highest BCUT2D eigenvalue weighted by Crippen LogP contribution is 2.17. The van der Waals surface area contributed by atoms with Crippen LogP contribution in [0.25, 0.3) is 0 Å². The first-order valence-corrected chi connectivity index (χ1v) is 10.5. The predicted molar refractivity (Wildman–Crippen MR) is 116 cm³/mol. The van der Waals surface area contributed by atoms with E-state index in [1.165, 1.54) is 0 Å². The Labute approximate surface area is 182 Å². The highest BCUT2D eigenvalue weighted by Gasteiger charge is 2.29. The third-order valence-corrected chi connectivity index (χ3v) is 5.44. The second-order valence-corrected chi connectivity index (χ2v) is 7.97. The van der Waals surface area contributed by atoms with Gasteiger partial charge in [-0.2, -0.15) is 0 Å². The van der Waals surface area contributed by atoms with Crippen molar-refractivity contribution in [2.24, 2.45) is 29.0 Å². The van der Waals surface area contributed by atoms with Crippen molar-refractivity contribution in [2.45, 2.75) is 70.1 Å². The number of nitrogens with one attached hydrogen (secondary N) is 2. The maximum Gasteiger partial charge on any atom is 0.326 e. The van der Waals surface area contributed by atoms with Crippen LogP contribution in [0.15, 0.2) is 24.3 Å². The number of primary amides is 1. The lowest BCUT2D eigenvalue weighted by Crippen LogP contribution is -2.55. The highest BCUT2D eigenvalue weighted by molar-refractivity contribution is 5.92. The molecular weight excluding hydrogens is 402 g/mol. The number of allylic oxidation sites excluding steroid dienone is 2. The number of carboxylic acids is 1. The van der Waals surface area contributed by atoms with E-state index in [0.717, 1.165) is 0 Å². The first-order chi connectivity index (χ1) is 14.5. The van der Waals surface area contributed by atoms with Gasteiger partial charge in [0, 0.05) is 12.5 Å². The van der Waals surface area contributed by atoms with Crippen molar-refractivity contribution >= 4 is 23.7 Å². The van der Waals surface area contributed by atoms with E-state index in [9.17, 15) is 24.3 Å². The molecule has 0 aromatic heterocycles. The predicted octanol–water partition coefficient (Wildman–Crippen LogP) is -0.471. The molecule has 1 rings (SSSR count). The molecule has 0 radical (unpaired) electrons. The molecule has 1 aliphatic rings. The van der Waals surface area contributed by atoms with E-state index in [0.29, 0.717) is 12.8 Å². The van der Waals surface area contributed by atoms with Crippen LogP contribution < -0.4 is 27.8 Å². The number of hydrogen-bond donors (Lipinski definition) is 6. The smallest absolute Gasteiger partial charge is 0.326 e. The van der Waals surface area contributed by atoms with E-state index in [4.69, 9.17) is 17.2 Å². The van der Waals surface area contributed by atoms with Gasteiger partial charge in [-0.1, -0.05) is 44.6 Å². The molecule has 4 atom stereocenters. The first-order valence-electron chi connectivity index (χ1n) is 10.5. The quantitative estimate of drug-likeness (QED) is 0.210. The van der Waals surface area contributed by atoms with Crippen LogP contribution in [0.4, 0.5) is 0 Å². The van der Waals surface area contributed by atoms with Gasteiger partial charge in [-0.3, -0.25) is 14.4 Å². The number of rotatable bonds is 13. The molecule has 0 aromatic carbocycles. The Kier molecular flexibility index (Phi) is 10.9. The molecule has 0 spiro atoms. The molecule has 31 heavy (non-hydrogen) atoms. The molecule has 0 fully saturated rings. The van der Waals surface area contributed by atoms with Crippen molar-refractivity contribution in [3.8, 4) is 0 Å². The minimum absolute atomic E-state index is 0.0420. The number of hydrogen-bond acceptors (Lipinski definition) is 6. The summed E-state index contributed by atoms with van der Waals surface area (Å²) < 4.78 is 0. The Hall–Kier alpha value is -2.72. The molecule has 1 unspecified atom stereocenters. The average Bonchev–Trinajstić information content (AvgIpc) is 2.73. The van der Waals surface area contributed by atoms with Crippen LogP contribution in [0.3, 0.4) is 0 Å². The third kappa shape index (κ3) is 9.31. The molecule has 174 valence electrons. The number of carbonyl (C=O) groups excluding carboxylic acids is 3. The molecule has 0 heterocycles. The van der Waals surface area contributed by atoms with Crippen molar-refractivity contribution in [3.63, 3.8) is 0 Å². The fourth-order valence-corrected chi connectivity index (χ4v) is 3.09. The third-order valence-electron chi connectivity index (χ3n) is 5.44. The summed E-state index contributed by atoms with van der Waals surface area (Å²) in [4.78, 5) is 47.8. The summed E-state index contributed by atoms with van der Waals surface area (Å²) in [6.45, 7) is 3.75. The van der Waals surface area contributed by atoms with Gasteiger partial charge in [0.1, 0.15) is 12.1 Å². The van der Waals surface area contributed by atoms with Crippen LogP contribution >= 0.6 is 0 Å². The van der Waals surface area contributed by atoms with Gasteiger partial charge in [0.05, 0.1) is 6.04 Å². The standard InChI is InChI=1S/C21H35N5O5/c1-3-12(2)18(24)20(29)25-15(9-6-13-4-7-14(22)8-5-13)19(28)26-16(21(30)31)10-11-17(23)27/h4-5,7-8,12-16,18H,3,6,9-11,22,24H2,1-2H3,(H2,23,27)(H,25,29)(H,26,28)(H,30,31)/t12-,13?,14?,15-,16?,18-/m0/s1. The maximum absolute atomic E-state index is 12.8. The number of carbonyl (C=O) groups is 4. The van der Waals surface area contributed by atoms with Crippen LogP contribution in [0.2, 0.25) is 0 Å². The second kappa shape index (κ2) is 12.9. The summed E-state index contributed by atoms with van der Waals surface area (Å²) >= 11 is 0. The first kappa shape index (κ1) is 26.3. The zero-order chi connectivity index (χ0) is 23.6. The molecule has 0 saturated heterocycles. The molecule has 0 aliphatic heterocycles. The summed E-state index contributed by atoms with van der Waals surface area (Å²) in [5.41, 5.74) is 16.8. The molecule has 10 heteroatoms. The lowest BCUT2D eigenvalue weighted by Gasteiger charge is -2.25. The molecule has 9 N–H and O–H groups in total. The van der Waals surface area contributed by atoms with Crippen LogP contribution in [0.5, 0.6) is 0 Å². The lowest BCUT2D eigenvalue weighted by atomic mass is 9.93. The Balaban J connectivity index is 2.87. The van der Waals surface area contributed by atoms with Crippen LogP contribution in [-0.2, 0) is 19.2 Å². The Morgan fingerprint density at radius 3 is 2.10 bits per heavy atom. The SMILES string of the molecule is CC[C@H](C)[C@H](N)C(=O)N[C@@H](CCC1C=CC(N)C=C1)C(=O)NC(CCC(N)=O)C(=O)O. The van der Waals surface area contributed by atoms with Gasteiger partial charge >= 0.3 is 5.97 Å². The maximum atomic E-state index is 12.8. The van der Waals surface area contributed by atoms with E-state index in [1.807, 2.05) is 38.2 Å². The molecule has 1 aliphatic carbocycles. The zero-order valence-corrected chi connectivity index (χ0v) is 18.1. The van der Waals surface area contributed by atoms with Gasteiger partial charge < -0.3 is 32.9 Å². The fraction of sp³-hybridized carbons (Fsp3) is 0.619. The van der Waals surface area contributed by atoms with E-state index in [1.54, 1.807) is 0 Å². The van der Waals surface area contributed by atoms with Gasteiger partial charge in [-0.15, -0.1) is 0 Å². The Morgan fingerprint density at radius 2 is 1.58 bits per heavy atom.